The van der Waals surface area contributed by atoms with Crippen LogP contribution in [0.15, 0.2) is 29.6 Å². The van der Waals surface area contributed by atoms with Gasteiger partial charge in [0.15, 0.2) is 5.13 Å². The number of carbonyl (C=O) groups is 2. The van der Waals surface area contributed by atoms with Gasteiger partial charge in [0.1, 0.15) is 0 Å². The Bertz CT molecular complexity index is 897. The molecule has 0 spiro atoms. The van der Waals surface area contributed by atoms with Crippen molar-refractivity contribution in [1.29, 1.82) is 5.26 Å². The molecule has 0 aliphatic heterocycles. The largest absolute Gasteiger partial charge is 0.337 e. The zero-order valence-electron chi connectivity index (χ0n) is 16.7. The predicted molar refractivity (Wildman–Crippen MR) is 112 cm³/mol. The normalized spacial score (nSPS) is 13.2. The zero-order chi connectivity index (χ0) is 20.8. The molecule has 7 nitrogen and oxygen atoms in total. The summed E-state index contributed by atoms with van der Waals surface area (Å²) in [5.41, 5.74) is 2.25. The average Bonchev–Trinajstić information content (AvgIpc) is 3.47. The quantitative estimate of drug-likeness (QED) is 0.685. The summed E-state index contributed by atoms with van der Waals surface area (Å²) in [6.45, 7) is 1.83. The number of hydrogen-bond donors (Lipinski definition) is 1. The molecule has 152 valence electrons. The maximum absolute atomic E-state index is 12.9. The fourth-order valence-electron chi connectivity index (χ4n) is 2.78. The number of anilines is 1. The van der Waals surface area contributed by atoms with Crippen LogP contribution in [0.25, 0.3) is 0 Å². The lowest BCUT2D eigenvalue weighted by Crippen LogP contribution is -2.37. The van der Waals surface area contributed by atoms with Crippen molar-refractivity contribution in [2.75, 3.05) is 32.5 Å². The van der Waals surface area contributed by atoms with Crippen molar-refractivity contribution in [1.82, 2.24) is 14.8 Å². The number of nitrogens with one attached hydrogen (secondary N) is 1. The van der Waals surface area contributed by atoms with E-state index < -0.39 is 0 Å². The van der Waals surface area contributed by atoms with E-state index in [1.54, 1.807) is 12.1 Å². The van der Waals surface area contributed by atoms with E-state index in [1.807, 2.05) is 41.4 Å². The lowest BCUT2D eigenvalue weighted by Gasteiger charge is -2.24. The summed E-state index contributed by atoms with van der Waals surface area (Å²) >= 11 is 1.35. The monoisotopic (exact) mass is 411 g/mol. The van der Waals surface area contributed by atoms with E-state index in [-0.39, 0.29) is 24.2 Å². The fraction of sp³-hybridized carbons (Fsp3) is 0.429. The first-order valence-corrected chi connectivity index (χ1v) is 10.5. The summed E-state index contributed by atoms with van der Waals surface area (Å²) in [7, 11) is 3.94. The van der Waals surface area contributed by atoms with Gasteiger partial charge in [0.2, 0.25) is 11.8 Å². The minimum Gasteiger partial charge on any atom is -0.337 e. The van der Waals surface area contributed by atoms with Crippen LogP contribution >= 0.6 is 11.3 Å². The number of likely N-dealkylation sites (N-methyl/N-ethyl adjacent to an activating group) is 1. The van der Waals surface area contributed by atoms with Gasteiger partial charge < -0.3 is 15.1 Å². The molecule has 1 aromatic heterocycles. The Morgan fingerprint density at radius 2 is 1.97 bits per heavy atom. The molecule has 1 fully saturated rings. The maximum Gasteiger partial charge on any atom is 0.229 e. The van der Waals surface area contributed by atoms with Crippen LogP contribution in [0.2, 0.25) is 0 Å². The Morgan fingerprint density at radius 3 is 2.59 bits per heavy atom. The van der Waals surface area contributed by atoms with Crippen LogP contribution in [0.4, 0.5) is 5.13 Å². The Balaban J connectivity index is 1.62. The molecule has 1 aliphatic carbocycles. The summed E-state index contributed by atoms with van der Waals surface area (Å²) in [5.74, 6) is 0.130. The number of thiazole rings is 1. The smallest absolute Gasteiger partial charge is 0.229 e. The van der Waals surface area contributed by atoms with E-state index >= 15 is 0 Å². The number of rotatable bonds is 9. The van der Waals surface area contributed by atoms with Crippen LogP contribution < -0.4 is 5.32 Å². The number of nitriles is 1. The van der Waals surface area contributed by atoms with Gasteiger partial charge in [0.25, 0.3) is 0 Å². The van der Waals surface area contributed by atoms with Crippen LogP contribution in [-0.2, 0) is 22.6 Å². The first kappa shape index (κ1) is 21.0. The average molecular weight is 412 g/mol. The van der Waals surface area contributed by atoms with Crippen molar-refractivity contribution < 1.29 is 9.59 Å². The highest BCUT2D eigenvalue weighted by Crippen LogP contribution is 2.30. The lowest BCUT2D eigenvalue weighted by atomic mass is 10.1. The summed E-state index contributed by atoms with van der Waals surface area (Å²) in [4.78, 5) is 33.0. The summed E-state index contributed by atoms with van der Waals surface area (Å²) < 4.78 is 0. The predicted octanol–water partition coefficient (Wildman–Crippen LogP) is 2.50. The molecule has 1 saturated carbocycles. The summed E-state index contributed by atoms with van der Waals surface area (Å²) in [6, 6.07) is 9.39. The van der Waals surface area contributed by atoms with E-state index in [4.69, 9.17) is 5.26 Å². The second-order valence-electron chi connectivity index (χ2n) is 7.51. The Morgan fingerprint density at radius 1 is 1.24 bits per heavy atom. The molecule has 1 N–H and O–H groups in total. The standard InChI is InChI=1S/C21H25N5O2S/c1-25(2)9-10-26(13-16-5-3-15(12-22)4-6-16)19(27)11-18-14-29-21(23-18)24-20(28)17-7-8-17/h3-6,14,17H,7-11,13H2,1-2H3,(H,23,24,28). The van der Waals surface area contributed by atoms with E-state index in [1.165, 1.54) is 11.3 Å². The zero-order valence-corrected chi connectivity index (χ0v) is 17.5. The van der Waals surface area contributed by atoms with E-state index in [0.717, 1.165) is 24.9 Å². The molecule has 1 heterocycles. The molecule has 0 radical (unpaired) electrons. The molecule has 8 heteroatoms. The van der Waals surface area contributed by atoms with Gasteiger partial charge in [-0.15, -0.1) is 11.3 Å². The molecule has 1 aliphatic rings. The minimum absolute atomic E-state index is 0.0124. The Hall–Kier alpha value is -2.76. The van der Waals surface area contributed by atoms with Crippen LogP contribution in [0.3, 0.4) is 0 Å². The molecule has 2 amide bonds. The van der Waals surface area contributed by atoms with Gasteiger partial charge >= 0.3 is 0 Å². The highest BCUT2D eigenvalue weighted by molar-refractivity contribution is 7.13. The van der Waals surface area contributed by atoms with Gasteiger partial charge in [-0.2, -0.15) is 5.26 Å². The number of carbonyl (C=O) groups excluding carboxylic acids is 2. The molecule has 0 atom stereocenters. The van der Waals surface area contributed by atoms with E-state index in [9.17, 15) is 9.59 Å². The third kappa shape index (κ3) is 6.38. The topological polar surface area (TPSA) is 89.3 Å². The molecule has 1 aromatic carbocycles. The van der Waals surface area contributed by atoms with Crippen LogP contribution in [-0.4, -0.2) is 53.8 Å². The van der Waals surface area contributed by atoms with E-state index in [2.05, 4.69) is 16.4 Å². The van der Waals surface area contributed by atoms with Gasteiger partial charge in [0, 0.05) is 30.9 Å². The van der Waals surface area contributed by atoms with Gasteiger partial charge in [-0.25, -0.2) is 4.98 Å². The highest BCUT2D eigenvalue weighted by Gasteiger charge is 2.30. The number of benzene rings is 1. The first-order chi connectivity index (χ1) is 13.9. The lowest BCUT2D eigenvalue weighted by molar-refractivity contribution is -0.131. The Labute approximate surface area is 175 Å². The van der Waals surface area contributed by atoms with Crippen molar-refractivity contribution in [2.24, 2.45) is 5.92 Å². The fourth-order valence-corrected chi connectivity index (χ4v) is 3.50. The molecule has 2 aromatic rings. The third-order valence-electron chi connectivity index (χ3n) is 4.69. The molecule has 3 rings (SSSR count). The molecular formula is C21H25N5O2S. The second-order valence-corrected chi connectivity index (χ2v) is 8.37. The second kappa shape index (κ2) is 9.63. The summed E-state index contributed by atoms with van der Waals surface area (Å²) in [5, 5.41) is 14.2. The number of amides is 2. The summed E-state index contributed by atoms with van der Waals surface area (Å²) in [6.07, 6.45) is 2.08. The molecule has 0 bridgehead atoms. The van der Waals surface area contributed by atoms with Gasteiger partial charge in [-0.05, 0) is 44.6 Å². The van der Waals surface area contributed by atoms with Crippen LogP contribution in [0.5, 0.6) is 0 Å². The molecule has 0 unspecified atom stereocenters. The van der Waals surface area contributed by atoms with Crippen molar-refractivity contribution in [2.45, 2.75) is 25.8 Å². The van der Waals surface area contributed by atoms with Gasteiger partial charge in [-0.1, -0.05) is 12.1 Å². The maximum atomic E-state index is 12.9. The highest BCUT2D eigenvalue weighted by atomic mass is 32.1. The first-order valence-electron chi connectivity index (χ1n) is 9.61. The van der Waals surface area contributed by atoms with E-state index in [0.29, 0.717) is 29.5 Å². The van der Waals surface area contributed by atoms with Crippen molar-refractivity contribution in [3.05, 3.63) is 46.5 Å². The number of nitrogens with zero attached hydrogens (tertiary/aromatic N) is 4. The molecule has 29 heavy (non-hydrogen) atoms. The molecular weight excluding hydrogens is 386 g/mol. The van der Waals surface area contributed by atoms with Crippen molar-refractivity contribution in [3.63, 3.8) is 0 Å². The molecule has 0 saturated heterocycles. The van der Waals surface area contributed by atoms with Crippen molar-refractivity contribution in [3.8, 4) is 6.07 Å². The number of hydrogen-bond acceptors (Lipinski definition) is 6. The van der Waals surface area contributed by atoms with Gasteiger partial charge in [-0.3, -0.25) is 9.59 Å². The van der Waals surface area contributed by atoms with Crippen LogP contribution in [0.1, 0.15) is 29.7 Å². The SMILES string of the molecule is CN(C)CCN(Cc1ccc(C#N)cc1)C(=O)Cc1csc(NC(=O)C2CC2)n1. The minimum atomic E-state index is -0.0124. The van der Waals surface area contributed by atoms with Gasteiger partial charge in [0.05, 0.1) is 23.7 Å². The Kier molecular flexibility index (Phi) is 6.96. The van der Waals surface area contributed by atoms with Crippen molar-refractivity contribution >= 4 is 28.3 Å². The number of aromatic nitrogens is 1. The van der Waals surface area contributed by atoms with Crippen LogP contribution in [0, 0.1) is 17.2 Å². The third-order valence-corrected chi connectivity index (χ3v) is 5.50.